The molecule has 1 heterocycles. The molecule has 0 bridgehead atoms. The van der Waals surface area contributed by atoms with Crippen LogP contribution in [0, 0.1) is 0 Å². The Kier molecular flexibility index (Phi) is 4.75. The number of nitrogens with one attached hydrogen (secondary N) is 1. The summed E-state index contributed by atoms with van der Waals surface area (Å²) in [6.45, 7) is 4.50. The molecule has 4 nitrogen and oxygen atoms in total. The van der Waals surface area contributed by atoms with Gasteiger partial charge in [0, 0.05) is 22.8 Å². The lowest BCUT2D eigenvalue weighted by Crippen LogP contribution is -2.36. The number of hydrogen-bond acceptors (Lipinski definition) is 3. The molecule has 0 saturated carbocycles. The summed E-state index contributed by atoms with van der Waals surface area (Å²) in [5.41, 5.74) is 1.60. The molecular formula is C16H17BrN2O2. The molecule has 1 aromatic carbocycles. The van der Waals surface area contributed by atoms with Crippen LogP contribution in [0.15, 0.2) is 47.1 Å². The van der Waals surface area contributed by atoms with E-state index in [0.29, 0.717) is 16.7 Å². The second-order valence-electron chi connectivity index (χ2n) is 5.30. The maximum atomic E-state index is 11.3. The number of carbonyl (C=O) groups is 1. The Labute approximate surface area is 132 Å². The van der Waals surface area contributed by atoms with Gasteiger partial charge in [-0.2, -0.15) is 0 Å². The van der Waals surface area contributed by atoms with Crippen LogP contribution >= 0.6 is 15.9 Å². The fourth-order valence-electron chi connectivity index (χ4n) is 2.06. The maximum absolute atomic E-state index is 11.3. The van der Waals surface area contributed by atoms with Crippen molar-refractivity contribution in [1.82, 2.24) is 10.3 Å². The van der Waals surface area contributed by atoms with Crippen molar-refractivity contribution in [3.63, 3.8) is 0 Å². The van der Waals surface area contributed by atoms with E-state index in [2.05, 4.69) is 40.1 Å². The summed E-state index contributed by atoms with van der Waals surface area (Å²) in [7, 11) is 0. The van der Waals surface area contributed by atoms with Gasteiger partial charge in [0.2, 0.25) is 0 Å². The van der Waals surface area contributed by atoms with Gasteiger partial charge in [-0.15, -0.1) is 0 Å². The van der Waals surface area contributed by atoms with E-state index >= 15 is 0 Å². The summed E-state index contributed by atoms with van der Waals surface area (Å²) < 4.78 is 0.658. The summed E-state index contributed by atoms with van der Waals surface area (Å²) in [5, 5.41) is 12.6. The molecule has 0 aliphatic carbocycles. The van der Waals surface area contributed by atoms with Gasteiger partial charge in [-0.25, -0.2) is 4.79 Å². The number of halogens is 1. The van der Waals surface area contributed by atoms with Crippen LogP contribution in [0.25, 0.3) is 0 Å². The lowest BCUT2D eigenvalue weighted by molar-refractivity contribution is 0.0694. The van der Waals surface area contributed by atoms with Crippen molar-refractivity contribution >= 4 is 21.9 Å². The van der Waals surface area contributed by atoms with Crippen molar-refractivity contribution in [3.8, 4) is 0 Å². The molecule has 110 valence electrons. The number of carboxylic acids is 1. The van der Waals surface area contributed by atoms with Crippen LogP contribution in [0.3, 0.4) is 0 Å². The van der Waals surface area contributed by atoms with Gasteiger partial charge in [-0.3, -0.25) is 4.98 Å². The zero-order valence-corrected chi connectivity index (χ0v) is 13.5. The van der Waals surface area contributed by atoms with Crippen molar-refractivity contribution in [2.24, 2.45) is 0 Å². The van der Waals surface area contributed by atoms with E-state index in [1.165, 1.54) is 0 Å². The molecule has 0 saturated heterocycles. The smallest absolute Gasteiger partial charge is 0.337 e. The second kappa shape index (κ2) is 6.37. The Balaban J connectivity index is 2.18. The normalized spacial score (nSPS) is 11.4. The topological polar surface area (TPSA) is 62.2 Å². The first-order valence-electron chi connectivity index (χ1n) is 6.58. The first-order chi connectivity index (χ1) is 9.90. The Morgan fingerprint density at radius 1 is 1.33 bits per heavy atom. The van der Waals surface area contributed by atoms with Crippen LogP contribution < -0.4 is 5.32 Å². The Hall–Kier alpha value is -1.72. The zero-order valence-electron chi connectivity index (χ0n) is 11.9. The van der Waals surface area contributed by atoms with Crippen LogP contribution in [0.2, 0.25) is 0 Å². The standard InChI is InChI=1S/C16H17BrN2O2/c1-16(2,11-6-4-3-5-7-11)19-10-14-13(15(20)21)8-12(17)9-18-14/h3-9,19H,10H2,1-2H3,(H,20,21). The van der Waals surface area contributed by atoms with Crippen LogP contribution in [0.5, 0.6) is 0 Å². The molecule has 0 aliphatic heterocycles. The van der Waals surface area contributed by atoms with E-state index in [0.717, 1.165) is 5.56 Å². The molecule has 0 radical (unpaired) electrons. The average molecular weight is 349 g/mol. The first kappa shape index (κ1) is 15.7. The third-order valence-electron chi connectivity index (χ3n) is 3.36. The monoisotopic (exact) mass is 348 g/mol. The highest BCUT2D eigenvalue weighted by atomic mass is 79.9. The van der Waals surface area contributed by atoms with Crippen molar-refractivity contribution < 1.29 is 9.90 Å². The highest BCUT2D eigenvalue weighted by molar-refractivity contribution is 9.10. The van der Waals surface area contributed by atoms with Gasteiger partial charge in [0.15, 0.2) is 0 Å². The first-order valence-corrected chi connectivity index (χ1v) is 7.38. The molecule has 2 N–H and O–H groups in total. The second-order valence-corrected chi connectivity index (χ2v) is 6.21. The van der Waals surface area contributed by atoms with E-state index in [1.54, 1.807) is 12.3 Å². The van der Waals surface area contributed by atoms with Gasteiger partial charge in [0.25, 0.3) is 0 Å². The summed E-state index contributed by atoms with van der Waals surface area (Å²) in [6.07, 6.45) is 1.61. The highest BCUT2D eigenvalue weighted by Crippen LogP contribution is 2.21. The lowest BCUT2D eigenvalue weighted by atomic mass is 9.94. The molecule has 0 unspecified atom stereocenters. The van der Waals surface area contributed by atoms with E-state index < -0.39 is 5.97 Å². The number of benzene rings is 1. The molecule has 0 spiro atoms. The maximum Gasteiger partial charge on any atom is 0.337 e. The number of aromatic carboxylic acids is 1. The number of rotatable bonds is 5. The van der Waals surface area contributed by atoms with Gasteiger partial charge in [0.1, 0.15) is 0 Å². The Morgan fingerprint density at radius 2 is 2.00 bits per heavy atom. The summed E-state index contributed by atoms with van der Waals surface area (Å²) in [5.74, 6) is -0.974. The fourth-order valence-corrected chi connectivity index (χ4v) is 2.39. The minimum Gasteiger partial charge on any atom is -0.478 e. The number of carboxylic acid groups (broad SMARTS) is 1. The lowest BCUT2D eigenvalue weighted by Gasteiger charge is -2.27. The number of pyridine rings is 1. The van der Waals surface area contributed by atoms with Gasteiger partial charge in [0.05, 0.1) is 11.3 Å². The minimum absolute atomic E-state index is 0.209. The minimum atomic E-state index is -0.974. The van der Waals surface area contributed by atoms with E-state index in [4.69, 9.17) is 0 Å². The number of hydrogen-bond donors (Lipinski definition) is 2. The fraction of sp³-hybridized carbons (Fsp3) is 0.250. The highest BCUT2D eigenvalue weighted by Gasteiger charge is 2.21. The SMILES string of the molecule is CC(C)(NCc1ncc(Br)cc1C(=O)O)c1ccccc1. The van der Waals surface area contributed by atoms with E-state index in [1.807, 2.05) is 30.3 Å². The third-order valence-corrected chi connectivity index (χ3v) is 3.79. The quantitative estimate of drug-likeness (QED) is 0.866. The molecule has 2 aromatic rings. The number of nitrogens with zero attached hydrogens (tertiary/aromatic N) is 1. The largest absolute Gasteiger partial charge is 0.478 e. The van der Waals surface area contributed by atoms with Crippen molar-refractivity contribution in [1.29, 1.82) is 0 Å². The summed E-state index contributed by atoms with van der Waals surface area (Å²) >= 11 is 3.25. The molecule has 21 heavy (non-hydrogen) atoms. The van der Waals surface area contributed by atoms with Crippen LogP contribution in [0.1, 0.15) is 35.5 Å². The summed E-state index contributed by atoms with van der Waals surface area (Å²) in [6, 6.07) is 11.6. The Bertz CT molecular complexity index is 642. The third kappa shape index (κ3) is 3.89. The molecular weight excluding hydrogens is 332 g/mol. The Morgan fingerprint density at radius 3 is 2.62 bits per heavy atom. The van der Waals surface area contributed by atoms with Crippen LogP contribution in [-0.4, -0.2) is 16.1 Å². The van der Waals surface area contributed by atoms with Gasteiger partial charge < -0.3 is 10.4 Å². The molecule has 2 rings (SSSR count). The molecule has 5 heteroatoms. The van der Waals surface area contributed by atoms with Crippen LogP contribution in [-0.2, 0) is 12.1 Å². The van der Waals surface area contributed by atoms with Crippen molar-refractivity contribution in [3.05, 3.63) is 63.9 Å². The number of aromatic nitrogens is 1. The van der Waals surface area contributed by atoms with Crippen molar-refractivity contribution in [2.45, 2.75) is 25.9 Å². The molecule has 0 aliphatic rings. The van der Waals surface area contributed by atoms with Crippen LogP contribution in [0.4, 0.5) is 0 Å². The summed E-state index contributed by atoms with van der Waals surface area (Å²) in [4.78, 5) is 15.5. The molecule has 0 atom stereocenters. The zero-order chi connectivity index (χ0) is 15.5. The van der Waals surface area contributed by atoms with Gasteiger partial charge >= 0.3 is 5.97 Å². The van der Waals surface area contributed by atoms with E-state index in [-0.39, 0.29) is 11.1 Å². The predicted octanol–water partition coefficient (Wildman–Crippen LogP) is 3.57. The average Bonchev–Trinajstić information content (AvgIpc) is 2.47. The van der Waals surface area contributed by atoms with Gasteiger partial charge in [-0.1, -0.05) is 30.3 Å². The molecule has 0 fully saturated rings. The molecule has 1 aromatic heterocycles. The van der Waals surface area contributed by atoms with E-state index in [9.17, 15) is 9.90 Å². The predicted molar refractivity (Wildman–Crippen MR) is 85.2 cm³/mol. The molecule has 0 amide bonds. The van der Waals surface area contributed by atoms with Gasteiger partial charge in [-0.05, 0) is 41.4 Å². The van der Waals surface area contributed by atoms with Crippen molar-refractivity contribution in [2.75, 3.05) is 0 Å².